The Morgan fingerprint density at radius 2 is 0.788 bits per heavy atom. The minimum Gasteiger partial charge on any atom is -0.496 e. The minimum atomic E-state index is -0.290. The fourth-order valence-electron chi connectivity index (χ4n) is 6.95. The van der Waals surface area contributed by atoms with Crippen molar-refractivity contribution in [3.8, 4) is 34.5 Å². The first-order chi connectivity index (χ1) is 25.3. The van der Waals surface area contributed by atoms with Crippen LogP contribution in [0.1, 0.15) is 61.0 Å². The number of hydrogen-bond acceptors (Lipinski definition) is 10. The summed E-state index contributed by atoms with van der Waals surface area (Å²) in [6.07, 6.45) is 1.57. The van der Waals surface area contributed by atoms with E-state index in [-0.39, 0.29) is 37.4 Å². The van der Waals surface area contributed by atoms with E-state index >= 15 is 0 Å². The van der Waals surface area contributed by atoms with E-state index in [0.29, 0.717) is 47.6 Å². The normalized spacial score (nSPS) is 13.7. The van der Waals surface area contributed by atoms with Crippen molar-refractivity contribution >= 4 is 0 Å². The quantitative estimate of drug-likeness (QED) is 0.0932. The van der Waals surface area contributed by atoms with E-state index in [1.807, 2.05) is 60.7 Å². The molecule has 0 spiro atoms. The van der Waals surface area contributed by atoms with Crippen LogP contribution in [0.3, 0.4) is 0 Å². The van der Waals surface area contributed by atoms with Crippen molar-refractivity contribution < 1.29 is 38.6 Å². The molecular formula is C42H56N2O8. The number of aliphatic hydroxyl groups excluding tert-OH is 2. The van der Waals surface area contributed by atoms with Crippen LogP contribution >= 0.6 is 0 Å². The van der Waals surface area contributed by atoms with Crippen molar-refractivity contribution in [1.29, 1.82) is 0 Å². The predicted molar refractivity (Wildman–Crippen MR) is 204 cm³/mol. The smallest absolute Gasteiger partial charge is 0.130 e. The van der Waals surface area contributed by atoms with Crippen LogP contribution in [0.2, 0.25) is 0 Å². The Morgan fingerprint density at radius 3 is 1.04 bits per heavy atom. The van der Waals surface area contributed by atoms with Crippen LogP contribution in [0, 0.1) is 0 Å². The maximum Gasteiger partial charge on any atom is 0.130 e. The maximum atomic E-state index is 10.9. The van der Waals surface area contributed by atoms with Gasteiger partial charge in [-0.25, -0.2) is 0 Å². The highest BCUT2D eigenvalue weighted by Crippen LogP contribution is 2.40. The molecule has 0 saturated heterocycles. The van der Waals surface area contributed by atoms with Crippen LogP contribution in [0.5, 0.6) is 34.5 Å². The van der Waals surface area contributed by atoms with Gasteiger partial charge >= 0.3 is 0 Å². The largest absolute Gasteiger partial charge is 0.496 e. The summed E-state index contributed by atoms with van der Waals surface area (Å²) in [4.78, 5) is 4.63. The molecule has 0 bridgehead atoms. The molecule has 4 atom stereocenters. The number of rotatable bonds is 21. The number of nitrogens with zero attached hydrogens (tertiary/aromatic N) is 2. The monoisotopic (exact) mass is 716 g/mol. The fraction of sp³-hybridized carbons (Fsp3) is 0.429. The molecule has 2 N–H and O–H groups in total. The fourth-order valence-corrected chi connectivity index (χ4v) is 6.95. The van der Waals surface area contributed by atoms with Gasteiger partial charge in [-0.1, -0.05) is 60.7 Å². The summed E-state index contributed by atoms with van der Waals surface area (Å²) in [6.45, 7) is 5.16. The van der Waals surface area contributed by atoms with Crippen molar-refractivity contribution in [2.75, 3.05) is 55.9 Å². The standard InChI is InChI=1S/C42H56N2O8/c1-29(43(37(27-45)31-15-11-9-12-16-31)25-35-39(49-5)21-33(47-3)22-40(35)50-6)19-20-30(2)44(38(28-46)32-17-13-10-14-18-32)26-36-41(51-7)23-34(48-4)24-42(36)52-8/h9-18,21-24,29-30,37-38,45-46H,19-20,25-28H2,1-8H3/t29-,30?,37+,38+/m1/s1. The first-order valence-electron chi connectivity index (χ1n) is 17.7. The molecule has 10 heteroatoms. The van der Waals surface area contributed by atoms with Crippen molar-refractivity contribution in [2.45, 2.75) is 63.9 Å². The number of hydrogen-bond donors (Lipinski definition) is 2. The zero-order chi connectivity index (χ0) is 37.6. The highest BCUT2D eigenvalue weighted by molar-refractivity contribution is 5.52. The van der Waals surface area contributed by atoms with Crippen LogP contribution in [-0.4, -0.2) is 88.0 Å². The zero-order valence-corrected chi connectivity index (χ0v) is 31.9. The van der Waals surface area contributed by atoms with Gasteiger partial charge in [0.2, 0.25) is 0 Å². The van der Waals surface area contributed by atoms with Crippen molar-refractivity contribution in [3.63, 3.8) is 0 Å². The molecule has 0 aliphatic heterocycles. The predicted octanol–water partition coefficient (Wildman–Crippen LogP) is 7.07. The molecule has 10 nitrogen and oxygen atoms in total. The minimum absolute atomic E-state index is 0.00697. The van der Waals surface area contributed by atoms with Gasteiger partial charge < -0.3 is 38.6 Å². The molecule has 0 aliphatic carbocycles. The van der Waals surface area contributed by atoms with Crippen LogP contribution in [0.4, 0.5) is 0 Å². The van der Waals surface area contributed by atoms with Gasteiger partial charge in [0.05, 0.1) is 79.1 Å². The molecule has 0 radical (unpaired) electrons. The third-order valence-electron chi connectivity index (χ3n) is 9.97. The van der Waals surface area contributed by atoms with Crippen molar-refractivity contribution in [1.82, 2.24) is 9.80 Å². The van der Waals surface area contributed by atoms with E-state index in [9.17, 15) is 10.2 Å². The van der Waals surface area contributed by atoms with Gasteiger partial charge in [0.15, 0.2) is 0 Å². The Morgan fingerprint density at radius 1 is 0.481 bits per heavy atom. The van der Waals surface area contributed by atoms with Crippen LogP contribution in [-0.2, 0) is 13.1 Å². The Bertz CT molecular complexity index is 1480. The lowest BCUT2D eigenvalue weighted by Crippen LogP contribution is -2.41. The van der Waals surface area contributed by atoms with Crippen LogP contribution in [0.15, 0.2) is 84.9 Å². The SMILES string of the molecule is COc1cc(OC)c(CN(C(C)CC[C@@H](C)N(Cc2c(OC)cc(OC)cc2OC)[C@@H](CO)c2ccccc2)[C@@H](CO)c2ccccc2)c(OC)c1. The summed E-state index contributed by atoms with van der Waals surface area (Å²) in [5, 5.41) is 21.8. The second-order valence-corrected chi connectivity index (χ2v) is 12.9. The van der Waals surface area contributed by atoms with E-state index in [1.165, 1.54) is 0 Å². The molecule has 52 heavy (non-hydrogen) atoms. The summed E-state index contributed by atoms with van der Waals surface area (Å²) >= 11 is 0. The zero-order valence-electron chi connectivity index (χ0n) is 31.9. The highest BCUT2D eigenvalue weighted by atomic mass is 16.5. The Labute approximate surface area is 309 Å². The number of methoxy groups -OCH3 is 6. The summed E-state index contributed by atoms with van der Waals surface area (Å²) in [5.74, 6) is 3.86. The van der Waals surface area contributed by atoms with Gasteiger partial charge in [0.1, 0.15) is 34.5 Å². The maximum absolute atomic E-state index is 10.9. The van der Waals surface area contributed by atoms with Crippen LogP contribution < -0.4 is 28.4 Å². The second-order valence-electron chi connectivity index (χ2n) is 12.9. The van der Waals surface area contributed by atoms with Gasteiger partial charge in [0.25, 0.3) is 0 Å². The lowest BCUT2D eigenvalue weighted by molar-refractivity contribution is 0.0542. The molecule has 0 aromatic heterocycles. The number of benzene rings is 4. The van der Waals surface area contributed by atoms with Gasteiger partial charge in [-0.15, -0.1) is 0 Å². The Hall–Kier alpha value is -4.48. The number of aliphatic hydroxyl groups is 2. The van der Waals surface area contributed by atoms with Crippen molar-refractivity contribution in [2.24, 2.45) is 0 Å². The molecule has 0 aliphatic rings. The summed E-state index contributed by atoms with van der Waals surface area (Å²) in [6, 6.07) is 27.0. The van der Waals surface area contributed by atoms with E-state index in [0.717, 1.165) is 35.1 Å². The first kappa shape index (κ1) is 40.3. The van der Waals surface area contributed by atoms with E-state index in [2.05, 4.69) is 47.9 Å². The first-order valence-corrected chi connectivity index (χ1v) is 17.7. The average Bonchev–Trinajstić information content (AvgIpc) is 3.19. The van der Waals surface area contributed by atoms with Gasteiger partial charge in [-0.3, -0.25) is 9.80 Å². The molecular weight excluding hydrogens is 660 g/mol. The molecule has 4 aromatic rings. The second kappa shape index (κ2) is 19.9. The lowest BCUT2D eigenvalue weighted by atomic mass is 9.97. The molecule has 0 amide bonds. The molecule has 0 fully saturated rings. The molecule has 0 heterocycles. The third kappa shape index (κ3) is 9.68. The lowest BCUT2D eigenvalue weighted by Gasteiger charge is -2.39. The third-order valence-corrected chi connectivity index (χ3v) is 9.97. The van der Waals surface area contributed by atoms with Gasteiger partial charge in [-0.2, -0.15) is 0 Å². The van der Waals surface area contributed by atoms with Gasteiger partial charge in [-0.05, 0) is 37.8 Å². The summed E-state index contributed by atoms with van der Waals surface area (Å²) < 4.78 is 34.4. The van der Waals surface area contributed by atoms with E-state index in [1.54, 1.807) is 42.7 Å². The van der Waals surface area contributed by atoms with Crippen molar-refractivity contribution in [3.05, 3.63) is 107 Å². The topological polar surface area (TPSA) is 102 Å². The molecule has 282 valence electrons. The van der Waals surface area contributed by atoms with E-state index < -0.39 is 0 Å². The Balaban J connectivity index is 1.71. The van der Waals surface area contributed by atoms with Crippen LogP contribution in [0.25, 0.3) is 0 Å². The highest BCUT2D eigenvalue weighted by Gasteiger charge is 2.31. The summed E-state index contributed by atoms with van der Waals surface area (Å²) in [7, 11) is 9.78. The van der Waals surface area contributed by atoms with E-state index in [4.69, 9.17) is 28.4 Å². The molecule has 0 saturated carbocycles. The summed E-state index contributed by atoms with van der Waals surface area (Å²) in [5.41, 5.74) is 3.76. The molecule has 4 aromatic carbocycles. The Kier molecular flexibility index (Phi) is 15.5. The molecule has 4 rings (SSSR count). The number of ether oxygens (including phenoxy) is 6. The molecule has 1 unspecified atom stereocenters. The van der Waals surface area contributed by atoms with Gasteiger partial charge in [0, 0.05) is 49.4 Å². The average molecular weight is 717 g/mol.